The standard InChI is InChI=1S/C22H19NO3/c1-25-21-14-13-18-10-5-6-11-19(18)20(21)12-7-15-23-22(24)26-16-17-8-3-2-4-9-17/h2-6,8-11,13-14H,15-16H2,1H3,(H,23,24). The Morgan fingerprint density at radius 2 is 1.77 bits per heavy atom. The Balaban J connectivity index is 1.61. The first-order valence-electron chi connectivity index (χ1n) is 8.27. The Kier molecular flexibility index (Phi) is 5.74. The molecule has 0 saturated carbocycles. The number of nitrogens with one attached hydrogen (secondary N) is 1. The van der Waals surface area contributed by atoms with Crippen LogP contribution in [-0.4, -0.2) is 19.7 Å². The van der Waals surface area contributed by atoms with Gasteiger partial charge in [0.2, 0.25) is 0 Å². The van der Waals surface area contributed by atoms with E-state index in [2.05, 4.69) is 17.2 Å². The third-order valence-electron chi connectivity index (χ3n) is 3.86. The second-order valence-corrected chi connectivity index (χ2v) is 5.58. The Morgan fingerprint density at radius 1 is 1.00 bits per heavy atom. The van der Waals surface area contributed by atoms with Gasteiger partial charge in [-0.15, -0.1) is 0 Å². The quantitative estimate of drug-likeness (QED) is 0.724. The smallest absolute Gasteiger partial charge is 0.408 e. The summed E-state index contributed by atoms with van der Waals surface area (Å²) in [7, 11) is 1.62. The van der Waals surface area contributed by atoms with E-state index in [0.717, 1.165) is 21.9 Å². The van der Waals surface area contributed by atoms with Gasteiger partial charge in [0.05, 0.1) is 19.2 Å². The van der Waals surface area contributed by atoms with Gasteiger partial charge in [-0.3, -0.25) is 0 Å². The highest BCUT2D eigenvalue weighted by atomic mass is 16.5. The van der Waals surface area contributed by atoms with Gasteiger partial charge in [-0.1, -0.05) is 72.5 Å². The first-order valence-corrected chi connectivity index (χ1v) is 8.27. The normalized spacial score (nSPS) is 9.88. The van der Waals surface area contributed by atoms with Crippen LogP contribution in [0, 0.1) is 11.8 Å². The minimum Gasteiger partial charge on any atom is -0.495 e. The monoisotopic (exact) mass is 345 g/mol. The predicted octanol–water partition coefficient (Wildman–Crippen LogP) is 4.13. The van der Waals surface area contributed by atoms with Gasteiger partial charge in [0, 0.05) is 5.39 Å². The third kappa shape index (κ3) is 4.34. The highest BCUT2D eigenvalue weighted by Crippen LogP contribution is 2.26. The maximum atomic E-state index is 11.7. The topological polar surface area (TPSA) is 47.6 Å². The van der Waals surface area contributed by atoms with Crippen LogP contribution in [0.25, 0.3) is 10.8 Å². The van der Waals surface area contributed by atoms with Crippen LogP contribution in [0.4, 0.5) is 4.79 Å². The van der Waals surface area contributed by atoms with Crippen LogP contribution in [0.5, 0.6) is 5.75 Å². The molecular formula is C22H19NO3. The number of hydrogen-bond acceptors (Lipinski definition) is 3. The number of rotatable bonds is 4. The summed E-state index contributed by atoms with van der Waals surface area (Å²) in [5.74, 6) is 6.76. The molecule has 0 spiro atoms. The Bertz CT molecular complexity index is 955. The van der Waals surface area contributed by atoms with E-state index in [0.29, 0.717) is 5.75 Å². The summed E-state index contributed by atoms with van der Waals surface area (Å²) in [6.07, 6.45) is -0.493. The summed E-state index contributed by atoms with van der Waals surface area (Å²) in [4.78, 5) is 11.7. The minimum absolute atomic E-state index is 0.194. The van der Waals surface area contributed by atoms with Crippen molar-refractivity contribution >= 4 is 16.9 Å². The lowest BCUT2D eigenvalue weighted by atomic mass is 10.0. The molecule has 26 heavy (non-hydrogen) atoms. The van der Waals surface area contributed by atoms with Crippen LogP contribution >= 0.6 is 0 Å². The fraction of sp³-hybridized carbons (Fsp3) is 0.136. The third-order valence-corrected chi connectivity index (χ3v) is 3.86. The number of amides is 1. The summed E-state index contributed by atoms with van der Waals surface area (Å²) >= 11 is 0. The molecule has 0 atom stereocenters. The Hall–Kier alpha value is -3.45. The zero-order valence-electron chi connectivity index (χ0n) is 14.5. The van der Waals surface area contributed by atoms with Gasteiger partial charge in [-0.2, -0.15) is 0 Å². The molecule has 3 rings (SSSR count). The zero-order chi connectivity index (χ0) is 18.2. The minimum atomic E-state index is -0.493. The Labute approximate surface area is 152 Å². The van der Waals surface area contributed by atoms with Gasteiger partial charge >= 0.3 is 6.09 Å². The maximum absolute atomic E-state index is 11.7. The summed E-state index contributed by atoms with van der Waals surface area (Å²) in [5.41, 5.74) is 1.75. The largest absolute Gasteiger partial charge is 0.495 e. The highest BCUT2D eigenvalue weighted by molar-refractivity contribution is 5.90. The number of benzene rings is 3. The molecular weight excluding hydrogens is 326 g/mol. The van der Waals surface area contributed by atoms with E-state index >= 15 is 0 Å². The van der Waals surface area contributed by atoms with Crippen molar-refractivity contribution in [2.75, 3.05) is 13.7 Å². The second kappa shape index (κ2) is 8.59. The number of ether oxygens (including phenoxy) is 2. The first kappa shape index (κ1) is 17.4. The maximum Gasteiger partial charge on any atom is 0.408 e. The molecule has 1 amide bonds. The molecule has 4 heteroatoms. The van der Waals surface area contributed by atoms with Crippen molar-refractivity contribution in [2.45, 2.75) is 6.61 Å². The molecule has 0 aliphatic carbocycles. The molecule has 0 unspecified atom stereocenters. The van der Waals surface area contributed by atoms with E-state index in [4.69, 9.17) is 9.47 Å². The lowest BCUT2D eigenvalue weighted by Crippen LogP contribution is -2.24. The van der Waals surface area contributed by atoms with Gasteiger partial charge in [-0.05, 0) is 17.0 Å². The Morgan fingerprint density at radius 3 is 2.58 bits per heavy atom. The number of fused-ring (bicyclic) bond motifs is 1. The van der Waals surface area contributed by atoms with Crippen molar-refractivity contribution in [3.05, 3.63) is 77.9 Å². The van der Waals surface area contributed by atoms with Crippen LogP contribution < -0.4 is 10.1 Å². The van der Waals surface area contributed by atoms with E-state index in [9.17, 15) is 4.79 Å². The van der Waals surface area contributed by atoms with Crippen LogP contribution in [0.2, 0.25) is 0 Å². The molecule has 0 bridgehead atoms. The van der Waals surface area contributed by atoms with Gasteiger partial charge in [0.25, 0.3) is 0 Å². The molecule has 0 aliphatic rings. The van der Waals surface area contributed by atoms with Crippen LogP contribution in [0.15, 0.2) is 66.7 Å². The number of carbonyl (C=O) groups excluding carboxylic acids is 1. The van der Waals surface area contributed by atoms with Gasteiger partial charge in [0.15, 0.2) is 0 Å². The molecule has 0 aromatic heterocycles. The van der Waals surface area contributed by atoms with Gasteiger partial charge in [0.1, 0.15) is 12.4 Å². The lowest BCUT2D eigenvalue weighted by Gasteiger charge is -2.07. The zero-order valence-corrected chi connectivity index (χ0v) is 14.5. The van der Waals surface area contributed by atoms with Crippen LogP contribution in [0.1, 0.15) is 11.1 Å². The summed E-state index contributed by atoms with van der Waals surface area (Å²) in [5, 5.41) is 4.74. The number of hydrogen-bond donors (Lipinski definition) is 1. The summed E-state index contributed by atoms with van der Waals surface area (Å²) in [6.45, 7) is 0.428. The molecule has 0 aliphatic heterocycles. The molecule has 4 nitrogen and oxygen atoms in total. The average molecular weight is 345 g/mol. The van der Waals surface area contributed by atoms with Crippen molar-refractivity contribution in [2.24, 2.45) is 0 Å². The average Bonchev–Trinajstić information content (AvgIpc) is 2.70. The van der Waals surface area contributed by atoms with E-state index in [-0.39, 0.29) is 13.2 Å². The van der Waals surface area contributed by atoms with E-state index in [1.807, 2.05) is 66.7 Å². The van der Waals surface area contributed by atoms with Crippen LogP contribution in [-0.2, 0) is 11.3 Å². The van der Waals surface area contributed by atoms with Gasteiger partial charge < -0.3 is 14.8 Å². The molecule has 0 saturated heterocycles. The summed E-state index contributed by atoms with van der Waals surface area (Å²) in [6, 6.07) is 21.4. The molecule has 0 fully saturated rings. The summed E-state index contributed by atoms with van der Waals surface area (Å²) < 4.78 is 10.6. The SMILES string of the molecule is COc1ccc2ccccc2c1C#CCNC(=O)OCc1ccccc1. The number of carbonyl (C=O) groups is 1. The first-order chi connectivity index (χ1) is 12.8. The fourth-order valence-corrected chi connectivity index (χ4v) is 2.57. The molecule has 3 aromatic rings. The molecule has 1 N–H and O–H groups in total. The number of methoxy groups -OCH3 is 1. The van der Waals surface area contributed by atoms with Crippen molar-refractivity contribution in [1.82, 2.24) is 5.32 Å². The fourth-order valence-electron chi connectivity index (χ4n) is 2.57. The highest BCUT2D eigenvalue weighted by Gasteiger charge is 2.05. The molecule has 3 aromatic carbocycles. The van der Waals surface area contributed by atoms with Crippen molar-refractivity contribution in [3.63, 3.8) is 0 Å². The van der Waals surface area contributed by atoms with E-state index in [1.54, 1.807) is 7.11 Å². The van der Waals surface area contributed by atoms with Gasteiger partial charge in [-0.25, -0.2) is 4.79 Å². The van der Waals surface area contributed by atoms with Crippen molar-refractivity contribution < 1.29 is 14.3 Å². The van der Waals surface area contributed by atoms with E-state index < -0.39 is 6.09 Å². The lowest BCUT2D eigenvalue weighted by molar-refractivity contribution is 0.141. The van der Waals surface area contributed by atoms with Crippen molar-refractivity contribution in [1.29, 1.82) is 0 Å². The second-order valence-electron chi connectivity index (χ2n) is 5.58. The van der Waals surface area contributed by atoms with Crippen molar-refractivity contribution in [3.8, 4) is 17.6 Å². The molecule has 0 radical (unpaired) electrons. The molecule has 0 heterocycles. The van der Waals surface area contributed by atoms with E-state index in [1.165, 1.54) is 0 Å². The number of alkyl carbamates (subject to hydrolysis) is 1. The van der Waals surface area contributed by atoms with Crippen LogP contribution in [0.3, 0.4) is 0 Å². The molecule has 130 valence electrons. The predicted molar refractivity (Wildman–Crippen MR) is 102 cm³/mol.